The number of rotatable bonds is 7. The maximum Gasteiger partial charge on any atom is 0.315 e. The number of amides is 1. The van der Waals surface area contributed by atoms with Gasteiger partial charge in [0.1, 0.15) is 5.01 Å². The molecule has 0 aliphatic rings. The average Bonchev–Trinajstić information content (AvgIpc) is 2.86. The fraction of sp³-hybridized carbons (Fsp3) is 0.636. The van der Waals surface area contributed by atoms with Gasteiger partial charge in [-0.3, -0.25) is 14.9 Å². The smallest absolute Gasteiger partial charge is 0.315 e. The molecule has 0 spiro atoms. The normalized spacial score (nSPS) is 11.9. The van der Waals surface area contributed by atoms with E-state index >= 15 is 0 Å². The zero-order valence-electron chi connectivity index (χ0n) is 11.1. The molecule has 1 heterocycles. The van der Waals surface area contributed by atoms with Gasteiger partial charge in [0.05, 0.1) is 18.1 Å². The van der Waals surface area contributed by atoms with Crippen molar-refractivity contribution in [3.8, 4) is 0 Å². The Morgan fingerprint density at radius 3 is 2.68 bits per heavy atom. The van der Waals surface area contributed by atoms with Crippen LogP contribution in [0.1, 0.15) is 25.3 Å². The van der Waals surface area contributed by atoms with Crippen molar-refractivity contribution in [3.63, 3.8) is 0 Å². The quantitative estimate of drug-likeness (QED) is 0.773. The number of ether oxygens (including phenoxy) is 1. The molecule has 1 atom stereocenters. The SMILES string of the molecule is CCc1nnc(NC(=O)[C@H](CC)SCC(=O)OC)s1. The number of nitrogens with one attached hydrogen (secondary N) is 1. The van der Waals surface area contributed by atoms with Crippen LogP contribution in [-0.2, 0) is 20.7 Å². The molecule has 106 valence electrons. The van der Waals surface area contributed by atoms with Crippen molar-refractivity contribution in [1.82, 2.24) is 10.2 Å². The zero-order valence-corrected chi connectivity index (χ0v) is 12.8. The predicted octanol–water partition coefficient (Wildman–Crippen LogP) is 1.72. The molecule has 0 saturated carbocycles. The Morgan fingerprint density at radius 1 is 1.42 bits per heavy atom. The van der Waals surface area contributed by atoms with Crippen molar-refractivity contribution in [2.24, 2.45) is 0 Å². The van der Waals surface area contributed by atoms with E-state index in [0.717, 1.165) is 11.4 Å². The highest BCUT2D eigenvalue weighted by atomic mass is 32.2. The van der Waals surface area contributed by atoms with Gasteiger partial charge in [0.25, 0.3) is 0 Å². The summed E-state index contributed by atoms with van der Waals surface area (Å²) in [7, 11) is 1.33. The summed E-state index contributed by atoms with van der Waals surface area (Å²) in [5.41, 5.74) is 0. The summed E-state index contributed by atoms with van der Waals surface area (Å²) in [4.78, 5) is 23.1. The molecule has 1 rings (SSSR count). The van der Waals surface area contributed by atoms with Crippen LogP contribution >= 0.6 is 23.1 Å². The third-order valence-corrected chi connectivity index (χ3v) is 4.63. The van der Waals surface area contributed by atoms with E-state index in [0.29, 0.717) is 11.6 Å². The van der Waals surface area contributed by atoms with E-state index in [9.17, 15) is 9.59 Å². The number of anilines is 1. The summed E-state index contributed by atoms with van der Waals surface area (Å²) < 4.78 is 4.55. The van der Waals surface area contributed by atoms with Gasteiger partial charge in [-0.25, -0.2) is 0 Å². The van der Waals surface area contributed by atoms with Crippen molar-refractivity contribution in [2.75, 3.05) is 18.2 Å². The first-order valence-electron chi connectivity index (χ1n) is 5.92. The molecule has 0 bridgehead atoms. The molecule has 1 amide bonds. The summed E-state index contributed by atoms with van der Waals surface area (Å²) in [5, 5.41) is 11.6. The topological polar surface area (TPSA) is 81.2 Å². The first-order chi connectivity index (χ1) is 9.10. The van der Waals surface area contributed by atoms with E-state index in [4.69, 9.17) is 0 Å². The summed E-state index contributed by atoms with van der Waals surface area (Å²) in [5.74, 6) is -0.325. The lowest BCUT2D eigenvalue weighted by Crippen LogP contribution is -2.25. The standard InChI is InChI=1S/C11H17N3O3S2/c1-4-7(18-6-9(15)17-3)10(16)12-11-14-13-8(5-2)19-11/h7H,4-6H2,1-3H3,(H,12,14,16)/t7-/m0/s1. The van der Waals surface area contributed by atoms with Crippen molar-refractivity contribution in [2.45, 2.75) is 31.9 Å². The minimum absolute atomic E-state index is 0.157. The highest BCUT2D eigenvalue weighted by Gasteiger charge is 2.20. The predicted molar refractivity (Wildman–Crippen MR) is 76.5 cm³/mol. The first-order valence-corrected chi connectivity index (χ1v) is 7.78. The molecule has 0 saturated heterocycles. The highest BCUT2D eigenvalue weighted by Crippen LogP contribution is 2.20. The van der Waals surface area contributed by atoms with E-state index in [1.54, 1.807) is 0 Å². The van der Waals surface area contributed by atoms with E-state index < -0.39 is 0 Å². The number of aryl methyl sites for hydroxylation is 1. The van der Waals surface area contributed by atoms with E-state index in [2.05, 4.69) is 20.3 Å². The molecule has 0 fully saturated rings. The minimum atomic E-state index is -0.333. The number of aromatic nitrogens is 2. The Kier molecular flexibility index (Phi) is 6.79. The van der Waals surface area contributed by atoms with Crippen LogP contribution in [0.25, 0.3) is 0 Å². The molecule has 0 unspecified atom stereocenters. The lowest BCUT2D eigenvalue weighted by Gasteiger charge is -2.12. The maximum atomic E-state index is 12.0. The van der Waals surface area contributed by atoms with Gasteiger partial charge in [0.15, 0.2) is 0 Å². The van der Waals surface area contributed by atoms with Crippen molar-refractivity contribution < 1.29 is 14.3 Å². The lowest BCUT2D eigenvalue weighted by atomic mass is 10.3. The van der Waals surface area contributed by atoms with E-state index in [1.807, 2.05) is 13.8 Å². The third-order valence-electron chi connectivity index (χ3n) is 2.29. The number of esters is 1. The summed E-state index contributed by atoms with van der Waals surface area (Å²) in [6, 6.07) is 0. The molecular weight excluding hydrogens is 286 g/mol. The Labute approximate surface area is 120 Å². The number of carbonyl (C=O) groups is 2. The van der Waals surface area contributed by atoms with Crippen LogP contribution in [0, 0.1) is 0 Å². The molecule has 6 nitrogen and oxygen atoms in total. The van der Waals surface area contributed by atoms with Crippen LogP contribution in [0.3, 0.4) is 0 Å². The number of hydrogen-bond donors (Lipinski definition) is 1. The maximum absolute atomic E-state index is 12.0. The number of methoxy groups -OCH3 is 1. The zero-order chi connectivity index (χ0) is 14.3. The Bertz CT molecular complexity index is 437. The summed E-state index contributed by atoms with van der Waals surface area (Å²) >= 11 is 2.63. The lowest BCUT2D eigenvalue weighted by molar-refractivity contribution is -0.137. The highest BCUT2D eigenvalue weighted by molar-refractivity contribution is 8.01. The molecular formula is C11H17N3O3S2. The van der Waals surface area contributed by atoms with Crippen LogP contribution < -0.4 is 5.32 Å². The Balaban J connectivity index is 2.51. The third kappa shape index (κ3) is 5.15. The van der Waals surface area contributed by atoms with Gasteiger partial charge in [-0.2, -0.15) is 0 Å². The van der Waals surface area contributed by atoms with Crippen LogP contribution in [0.2, 0.25) is 0 Å². The molecule has 19 heavy (non-hydrogen) atoms. The number of nitrogens with zero attached hydrogens (tertiary/aromatic N) is 2. The summed E-state index contributed by atoms with van der Waals surface area (Å²) in [6.45, 7) is 3.87. The monoisotopic (exact) mass is 303 g/mol. The van der Waals surface area contributed by atoms with Crippen molar-refractivity contribution in [1.29, 1.82) is 0 Å². The second-order valence-electron chi connectivity index (χ2n) is 3.63. The number of hydrogen-bond acceptors (Lipinski definition) is 7. The fourth-order valence-corrected chi connectivity index (χ4v) is 2.82. The van der Waals surface area contributed by atoms with E-state index in [1.165, 1.54) is 30.2 Å². The molecule has 0 aliphatic heterocycles. The molecule has 0 aliphatic carbocycles. The van der Waals surface area contributed by atoms with Gasteiger partial charge in [0.2, 0.25) is 11.0 Å². The molecule has 1 aromatic rings. The van der Waals surface area contributed by atoms with Crippen LogP contribution in [0.4, 0.5) is 5.13 Å². The van der Waals surface area contributed by atoms with Gasteiger partial charge >= 0.3 is 5.97 Å². The molecule has 1 aromatic heterocycles. The minimum Gasteiger partial charge on any atom is -0.468 e. The van der Waals surface area contributed by atoms with E-state index in [-0.39, 0.29) is 22.9 Å². The van der Waals surface area contributed by atoms with Crippen LogP contribution in [0.15, 0.2) is 0 Å². The summed E-state index contributed by atoms with van der Waals surface area (Å²) in [6.07, 6.45) is 1.43. The van der Waals surface area contributed by atoms with Gasteiger partial charge in [-0.15, -0.1) is 22.0 Å². The Hall–Kier alpha value is -1.15. The molecule has 1 N–H and O–H groups in total. The van der Waals surface area contributed by atoms with Crippen LogP contribution in [-0.4, -0.2) is 40.2 Å². The number of carbonyl (C=O) groups excluding carboxylic acids is 2. The van der Waals surface area contributed by atoms with Gasteiger partial charge < -0.3 is 4.74 Å². The largest absolute Gasteiger partial charge is 0.468 e. The van der Waals surface area contributed by atoms with Gasteiger partial charge in [-0.1, -0.05) is 25.2 Å². The van der Waals surface area contributed by atoms with Gasteiger partial charge in [0, 0.05) is 0 Å². The second kappa shape index (κ2) is 8.11. The van der Waals surface area contributed by atoms with Crippen molar-refractivity contribution in [3.05, 3.63) is 5.01 Å². The fourth-order valence-electron chi connectivity index (χ4n) is 1.24. The Morgan fingerprint density at radius 2 is 2.16 bits per heavy atom. The first kappa shape index (κ1) is 15.9. The molecule has 8 heteroatoms. The van der Waals surface area contributed by atoms with Crippen molar-refractivity contribution >= 4 is 40.1 Å². The molecule has 0 radical (unpaired) electrons. The molecule has 0 aromatic carbocycles. The average molecular weight is 303 g/mol. The number of thioether (sulfide) groups is 1. The van der Waals surface area contributed by atoms with Gasteiger partial charge in [-0.05, 0) is 12.8 Å². The van der Waals surface area contributed by atoms with Crippen LogP contribution in [0.5, 0.6) is 0 Å². The second-order valence-corrected chi connectivity index (χ2v) is 5.88.